The van der Waals surface area contributed by atoms with Gasteiger partial charge in [0.15, 0.2) is 12.6 Å². The van der Waals surface area contributed by atoms with Gasteiger partial charge in [0.1, 0.15) is 73.8 Å². The summed E-state index contributed by atoms with van der Waals surface area (Å²) < 4.78 is 95.8. The van der Waals surface area contributed by atoms with E-state index in [1.54, 1.807) is 56.9 Å². The van der Waals surface area contributed by atoms with Crippen LogP contribution in [0.2, 0.25) is 0 Å². The van der Waals surface area contributed by atoms with Crippen molar-refractivity contribution in [3.05, 3.63) is 0 Å². The number of hydrogen-bond donors (Lipinski definition) is 0. The Labute approximate surface area is 266 Å². The van der Waals surface area contributed by atoms with Gasteiger partial charge in [0.2, 0.25) is 5.79 Å². The molecule has 14 atom stereocenters. The van der Waals surface area contributed by atoms with Crippen molar-refractivity contribution >= 4 is 0 Å². The highest BCUT2D eigenvalue weighted by atomic mass is 16.8. The first kappa shape index (κ1) is 38.8. The molecule has 0 N–H and O–H groups in total. The molecule has 0 aromatic rings. The van der Waals surface area contributed by atoms with Crippen molar-refractivity contribution in [2.24, 2.45) is 0 Å². The zero-order valence-corrected chi connectivity index (χ0v) is 28.4. The average Bonchev–Trinajstić information content (AvgIpc) is 3.31. The van der Waals surface area contributed by atoms with Crippen LogP contribution < -0.4 is 0 Å². The lowest BCUT2D eigenvalue weighted by molar-refractivity contribution is -0.405. The van der Waals surface area contributed by atoms with E-state index in [4.69, 9.17) is 75.8 Å². The Bertz CT molecular complexity index is 825. The van der Waals surface area contributed by atoms with Crippen LogP contribution in [0, 0.1) is 0 Å². The molecule has 16 heteroatoms. The van der Waals surface area contributed by atoms with Crippen LogP contribution in [-0.4, -0.2) is 190 Å². The lowest BCUT2D eigenvalue weighted by Crippen LogP contribution is -2.66. The number of methoxy groups -OCH3 is 11. The quantitative estimate of drug-likeness (QED) is 0.177. The summed E-state index contributed by atoms with van der Waals surface area (Å²) in [4.78, 5) is 0. The van der Waals surface area contributed by atoms with Crippen molar-refractivity contribution in [3.8, 4) is 0 Å². The van der Waals surface area contributed by atoms with Crippen LogP contribution >= 0.6 is 0 Å². The summed E-state index contributed by atoms with van der Waals surface area (Å²) in [6, 6.07) is 0. The van der Waals surface area contributed by atoms with Gasteiger partial charge in [-0.1, -0.05) is 0 Å². The Morgan fingerprint density at radius 2 is 0.867 bits per heavy atom. The topological polar surface area (TPSA) is 148 Å². The molecule has 3 rings (SSSR count). The molecule has 3 heterocycles. The van der Waals surface area contributed by atoms with E-state index >= 15 is 0 Å². The second kappa shape index (κ2) is 18.8. The lowest BCUT2D eigenvalue weighted by Gasteiger charge is -2.48. The van der Waals surface area contributed by atoms with Crippen molar-refractivity contribution in [2.75, 3.05) is 105 Å². The van der Waals surface area contributed by atoms with Gasteiger partial charge in [-0.05, 0) is 0 Å². The van der Waals surface area contributed by atoms with E-state index in [9.17, 15) is 0 Å². The maximum absolute atomic E-state index is 6.76. The highest BCUT2D eigenvalue weighted by Crippen LogP contribution is 2.42. The van der Waals surface area contributed by atoms with E-state index in [2.05, 4.69) is 0 Å². The van der Waals surface area contributed by atoms with Gasteiger partial charge < -0.3 is 75.8 Å². The molecule has 0 aliphatic carbocycles. The van der Waals surface area contributed by atoms with Crippen molar-refractivity contribution < 1.29 is 75.8 Å². The minimum atomic E-state index is -1.63. The second-order valence-electron chi connectivity index (χ2n) is 10.9. The molecule has 3 aliphatic heterocycles. The van der Waals surface area contributed by atoms with Crippen molar-refractivity contribution in [1.29, 1.82) is 0 Å². The van der Waals surface area contributed by atoms with Crippen molar-refractivity contribution in [1.82, 2.24) is 0 Å². The molecule has 45 heavy (non-hydrogen) atoms. The highest BCUT2D eigenvalue weighted by Gasteiger charge is 2.63. The maximum atomic E-state index is 6.76. The molecular weight excluding hydrogens is 604 g/mol. The van der Waals surface area contributed by atoms with E-state index in [0.717, 1.165) is 0 Å². The molecule has 0 aromatic carbocycles. The monoisotopic (exact) mass is 658 g/mol. The molecule has 3 aliphatic rings. The summed E-state index contributed by atoms with van der Waals surface area (Å²) in [5, 5.41) is 0. The number of hydrogen-bond acceptors (Lipinski definition) is 16. The van der Waals surface area contributed by atoms with Crippen LogP contribution in [0.15, 0.2) is 0 Å². The van der Waals surface area contributed by atoms with Crippen molar-refractivity contribution in [3.63, 3.8) is 0 Å². The molecule has 266 valence electrons. The zero-order chi connectivity index (χ0) is 33.1. The van der Waals surface area contributed by atoms with Crippen LogP contribution in [0.3, 0.4) is 0 Å². The van der Waals surface area contributed by atoms with E-state index in [-0.39, 0.29) is 26.4 Å². The molecule has 0 spiro atoms. The zero-order valence-electron chi connectivity index (χ0n) is 28.4. The number of ether oxygens (including phenoxy) is 16. The third-order valence-corrected chi connectivity index (χ3v) is 8.47. The second-order valence-corrected chi connectivity index (χ2v) is 10.9. The minimum absolute atomic E-state index is 0.103. The number of rotatable bonds is 19. The van der Waals surface area contributed by atoms with Gasteiger partial charge in [0.05, 0.1) is 19.8 Å². The van der Waals surface area contributed by atoms with Gasteiger partial charge in [-0.3, -0.25) is 0 Å². The van der Waals surface area contributed by atoms with Crippen LogP contribution in [0.4, 0.5) is 0 Å². The van der Waals surface area contributed by atoms with Gasteiger partial charge in [-0.25, -0.2) is 0 Å². The van der Waals surface area contributed by atoms with Gasteiger partial charge in [0, 0.05) is 78.2 Å². The summed E-state index contributed by atoms with van der Waals surface area (Å²) in [5.41, 5.74) is 0. The largest absolute Gasteiger partial charge is 0.382 e. The standard InChI is InChI=1S/C29H54O16/c1-30-12-16-19(34-5)22(37-8)24(39-10)27(41-16)43-26-21(36-7)18(14-32-3)44-29(26,15-33-4)45-28-25(40-11)23(38-9)20(35-6)17(42-28)13-31-2/h16-28H,12-15H2,1-11H3/t16-,17-,18-,19-,20-,21-,22+,23+,24-,25-,26+,27-,28-,29+/m1/s1. The average molecular weight is 659 g/mol. The van der Waals surface area contributed by atoms with Crippen LogP contribution in [0.5, 0.6) is 0 Å². The third-order valence-electron chi connectivity index (χ3n) is 8.47. The molecule has 16 nitrogen and oxygen atoms in total. The first-order chi connectivity index (χ1) is 21.8. The summed E-state index contributed by atoms with van der Waals surface area (Å²) in [5.74, 6) is -1.63. The van der Waals surface area contributed by atoms with Gasteiger partial charge in [0.25, 0.3) is 0 Å². The fourth-order valence-corrected chi connectivity index (χ4v) is 6.53. The maximum Gasteiger partial charge on any atom is 0.224 e. The van der Waals surface area contributed by atoms with E-state index in [1.807, 2.05) is 0 Å². The lowest BCUT2D eigenvalue weighted by atomic mass is 9.97. The predicted molar refractivity (Wildman–Crippen MR) is 154 cm³/mol. The summed E-state index contributed by atoms with van der Waals surface area (Å²) in [6.45, 7) is 0.462. The molecule has 0 aromatic heterocycles. The first-order valence-corrected chi connectivity index (χ1v) is 14.8. The predicted octanol–water partition coefficient (Wildman–Crippen LogP) is -0.376. The molecule has 0 bridgehead atoms. The SMILES string of the molecule is COC[C@H]1O[C@@](COC)(O[C@H]2O[C@H](COC)[C@@H](OC)[C@H](OC)[C@H]2OC)[C@@H](O[C@H]2O[C@H](COC)[C@@H](OC)[C@H](OC)[C@H]2OC)[C@@H]1OC. The minimum Gasteiger partial charge on any atom is -0.382 e. The van der Waals surface area contributed by atoms with E-state index in [0.29, 0.717) is 0 Å². The fraction of sp³-hybridized carbons (Fsp3) is 1.00. The van der Waals surface area contributed by atoms with Gasteiger partial charge in [-0.2, -0.15) is 0 Å². The summed E-state index contributed by atoms with van der Waals surface area (Å²) in [7, 11) is 17.1. The van der Waals surface area contributed by atoms with Gasteiger partial charge >= 0.3 is 0 Å². The fourth-order valence-electron chi connectivity index (χ4n) is 6.53. The van der Waals surface area contributed by atoms with Gasteiger partial charge in [-0.15, -0.1) is 0 Å². The normalized spacial score (nSPS) is 42.3. The van der Waals surface area contributed by atoms with E-state index < -0.39 is 85.5 Å². The molecule has 0 saturated carbocycles. The molecular formula is C29H54O16. The molecule has 0 radical (unpaired) electrons. The Kier molecular flexibility index (Phi) is 16.2. The Morgan fingerprint density at radius 3 is 1.29 bits per heavy atom. The first-order valence-electron chi connectivity index (χ1n) is 14.8. The Morgan fingerprint density at radius 1 is 0.444 bits per heavy atom. The smallest absolute Gasteiger partial charge is 0.224 e. The molecule has 3 saturated heterocycles. The van der Waals surface area contributed by atoms with Crippen LogP contribution in [0.25, 0.3) is 0 Å². The van der Waals surface area contributed by atoms with Crippen LogP contribution in [-0.2, 0) is 75.8 Å². The molecule has 0 amide bonds. The summed E-state index contributed by atoms with van der Waals surface area (Å²) >= 11 is 0. The Hall–Kier alpha value is -0.640. The highest BCUT2D eigenvalue weighted by molar-refractivity contribution is 5.03. The van der Waals surface area contributed by atoms with Crippen molar-refractivity contribution in [2.45, 2.75) is 85.5 Å². The Balaban J connectivity index is 2.06. The molecule has 3 fully saturated rings. The van der Waals surface area contributed by atoms with E-state index in [1.165, 1.54) is 21.3 Å². The third kappa shape index (κ3) is 8.33. The van der Waals surface area contributed by atoms with Crippen LogP contribution in [0.1, 0.15) is 0 Å². The molecule has 0 unspecified atom stereocenters. The summed E-state index contributed by atoms with van der Waals surface area (Å²) in [6.07, 6.45) is -9.18.